The van der Waals surface area contributed by atoms with Crippen LogP contribution < -0.4 is 5.32 Å². The van der Waals surface area contributed by atoms with Gasteiger partial charge in [-0.05, 0) is 37.5 Å². The molecule has 1 N–H and O–H groups in total. The molecular weight excluding hydrogens is 276 g/mol. The van der Waals surface area contributed by atoms with Crippen LogP contribution in [-0.4, -0.2) is 29.8 Å². The van der Waals surface area contributed by atoms with E-state index in [-0.39, 0.29) is 0 Å². The summed E-state index contributed by atoms with van der Waals surface area (Å²) < 4.78 is 0. The zero-order valence-corrected chi connectivity index (χ0v) is 13.0. The number of rotatable bonds is 5. The third-order valence-electron chi connectivity index (χ3n) is 2.92. The number of benzene rings is 1. The summed E-state index contributed by atoms with van der Waals surface area (Å²) >= 11 is 5.90. The second kappa shape index (κ2) is 7.90. The molecule has 0 atom stereocenters. The van der Waals surface area contributed by atoms with Crippen molar-refractivity contribution < 1.29 is 9.59 Å². The van der Waals surface area contributed by atoms with Crippen molar-refractivity contribution in [1.29, 1.82) is 0 Å². The van der Waals surface area contributed by atoms with Crippen LogP contribution >= 0.6 is 11.6 Å². The molecule has 4 nitrogen and oxygen atoms in total. The number of halogens is 1. The van der Waals surface area contributed by atoms with Gasteiger partial charge in [0, 0.05) is 23.8 Å². The predicted molar refractivity (Wildman–Crippen MR) is 82.0 cm³/mol. The van der Waals surface area contributed by atoms with E-state index in [0.29, 0.717) is 23.8 Å². The molecule has 0 heterocycles. The molecule has 0 saturated carbocycles. The minimum atomic E-state index is -0.614. The normalized spacial score (nSPS) is 10.2. The molecule has 110 valence electrons. The van der Waals surface area contributed by atoms with Crippen LogP contribution in [0, 0.1) is 6.92 Å². The molecule has 0 radical (unpaired) electrons. The Labute approximate surface area is 125 Å². The van der Waals surface area contributed by atoms with Crippen molar-refractivity contribution >= 4 is 29.1 Å². The Bertz CT molecular complexity index is 483. The highest BCUT2D eigenvalue weighted by atomic mass is 35.5. The second-order valence-electron chi connectivity index (χ2n) is 4.71. The zero-order valence-electron chi connectivity index (χ0n) is 12.2. The lowest BCUT2D eigenvalue weighted by molar-refractivity contribution is -0.143. The van der Waals surface area contributed by atoms with Crippen LogP contribution in [0.1, 0.15) is 32.3 Å². The Morgan fingerprint density at radius 3 is 2.35 bits per heavy atom. The Balaban J connectivity index is 2.78. The van der Waals surface area contributed by atoms with Crippen LogP contribution in [-0.2, 0) is 9.59 Å². The number of nitrogens with zero attached hydrogens (tertiary/aromatic N) is 1. The largest absolute Gasteiger partial charge is 0.334 e. The zero-order chi connectivity index (χ0) is 15.1. The van der Waals surface area contributed by atoms with Crippen LogP contribution in [0.25, 0.3) is 0 Å². The van der Waals surface area contributed by atoms with E-state index >= 15 is 0 Å². The van der Waals surface area contributed by atoms with Crippen molar-refractivity contribution in [3.63, 3.8) is 0 Å². The van der Waals surface area contributed by atoms with Crippen molar-refractivity contribution in [2.75, 3.05) is 18.4 Å². The van der Waals surface area contributed by atoms with Crippen LogP contribution in [0.3, 0.4) is 0 Å². The lowest BCUT2D eigenvalue weighted by Crippen LogP contribution is -2.40. The number of carbonyl (C=O) groups is 2. The highest BCUT2D eigenvalue weighted by Gasteiger charge is 2.21. The van der Waals surface area contributed by atoms with Gasteiger partial charge in [-0.25, -0.2) is 0 Å². The average Bonchev–Trinajstić information content (AvgIpc) is 2.41. The maximum Gasteiger partial charge on any atom is 0.313 e. The molecule has 0 aliphatic rings. The summed E-state index contributed by atoms with van der Waals surface area (Å²) in [4.78, 5) is 25.7. The molecule has 1 aromatic rings. The molecule has 0 fully saturated rings. The Morgan fingerprint density at radius 2 is 1.80 bits per heavy atom. The fraction of sp³-hybridized carbons (Fsp3) is 0.467. The third-order valence-corrected chi connectivity index (χ3v) is 3.15. The van der Waals surface area contributed by atoms with E-state index < -0.39 is 11.8 Å². The quantitative estimate of drug-likeness (QED) is 0.848. The molecule has 2 amide bonds. The van der Waals surface area contributed by atoms with Gasteiger partial charge in [0.05, 0.1) is 0 Å². The first-order chi connectivity index (χ1) is 9.49. The summed E-state index contributed by atoms with van der Waals surface area (Å²) in [6, 6.07) is 5.19. The third kappa shape index (κ3) is 4.53. The number of anilines is 1. The molecule has 0 unspecified atom stereocenters. The Hall–Kier alpha value is -1.55. The van der Waals surface area contributed by atoms with E-state index in [9.17, 15) is 9.59 Å². The average molecular weight is 297 g/mol. The first kappa shape index (κ1) is 16.5. The van der Waals surface area contributed by atoms with Gasteiger partial charge in [-0.1, -0.05) is 31.5 Å². The van der Waals surface area contributed by atoms with Crippen LogP contribution in [0.4, 0.5) is 5.69 Å². The number of hydrogen-bond acceptors (Lipinski definition) is 2. The Kier molecular flexibility index (Phi) is 6.52. The minimum absolute atomic E-state index is 0.493. The van der Waals surface area contributed by atoms with Gasteiger partial charge in [0.25, 0.3) is 0 Å². The molecular formula is C15H21ClN2O2. The van der Waals surface area contributed by atoms with Crippen molar-refractivity contribution in [1.82, 2.24) is 4.90 Å². The molecule has 0 aliphatic heterocycles. The summed E-state index contributed by atoms with van der Waals surface area (Å²) in [5, 5.41) is 3.16. The molecule has 5 heteroatoms. The van der Waals surface area contributed by atoms with Gasteiger partial charge >= 0.3 is 11.8 Å². The van der Waals surface area contributed by atoms with Crippen molar-refractivity contribution in [3.05, 3.63) is 28.8 Å². The molecule has 0 spiro atoms. The van der Waals surface area contributed by atoms with Crippen LogP contribution in [0.5, 0.6) is 0 Å². The van der Waals surface area contributed by atoms with Crippen molar-refractivity contribution in [2.24, 2.45) is 0 Å². The van der Waals surface area contributed by atoms with Crippen molar-refractivity contribution in [2.45, 2.75) is 33.6 Å². The first-order valence-electron chi connectivity index (χ1n) is 6.86. The molecule has 0 aromatic heterocycles. The molecule has 0 saturated heterocycles. The summed E-state index contributed by atoms with van der Waals surface area (Å²) in [5.74, 6) is -1.11. The van der Waals surface area contributed by atoms with Crippen molar-refractivity contribution in [3.8, 4) is 0 Å². The highest BCUT2D eigenvalue weighted by molar-refractivity contribution is 6.39. The van der Waals surface area contributed by atoms with E-state index in [1.807, 2.05) is 20.8 Å². The smallest absolute Gasteiger partial charge is 0.313 e. The predicted octanol–water partition coefficient (Wildman–Crippen LogP) is 3.24. The molecule has 0 bridgehead atoms. The SMILES string of the molecule is CCCN(CCC)C(=O)C(=O)Nc1cc(Cl)ccc1C. The van der Waals surface area contributed by atoms with Gasteiger partial charge in [-0.2, -0.15) is 0 Å². The maximum atomic E-state index is 12.1. The summed E-state index contributed by atoms with van der Waals surface area (Å²) in [5.41, 5.74) is 1.44. The number of carbonyl (C=O) groups excluding carboxylic acids is 2. The number of nitrogens with one attached hydrogen (secondary N) is 1. The van der Waals surface area contributed by atoms with E-state index in [1.165, 1.54) is 0 Å². The molecule has 20 heavy (non-hydrogen) atoms. The van der Waals surface area contributed by atoms with E-state index in [4.69, 9.17) is 11.6 Å². The first-order valence-corrected chi connectivity index (χ1v) is 7.23. The van der Waals surface area contributed by atoms with E-state index in [1.54, 1.807) is 23.1 Å². The van der Waals surface area contributed by atoms with Gasteiger partial charge in [0.1, 0.15) is 0 Å². The Morgan fingerprint density at radius 1 is 1.20 bits per heavy atom. The molecule has 1 aromatic carbocycles. The van der Waals surface area contributed by atoms with E-state index in [0.717, 1.165) is 18.4 Å². The fourth-order valence-corrected chi connectivity index (χ4v) is 2.08. The summed E-state index contributed by atoms with van der Waals surface area (Å²) in [6.07, 6.45) is 1.66. The van der Waals surface area contributed by atoms with Gasteiger partial charge in [-0.15, -0.1) is 0 Å². The number of amides is 2. The van der Waals surface area contributed by atoms with Gasteiger partial charge in [0.15, 0.2) is 0 Å². The van der Waals surface area contributed by atoms with Crippen LogP contribution in [0.2, 0.25) is 5.02 Å². The summed E-state index contributed by atoms with van der Waals surface area (Å²) in [7, 11) is 0. The standard InChI is InChI=1S/C15H21ClN2O2/c1-4-8-18(9-5-2)15(20)14(19)17-13-10-12(16)7-6-11(13)3/h6-7,10H,4-5,8-9H2,1-3H3,(H,17,19). The number of aryl methyl sites for hydroxylation is 1. The molecule has 0 aliphatic carbocycles. The highest BCUT2D eigenvalue weighted by Crippen LogP contribution is 2.20. The molecule has 1 rings (SSSR count). The van der Waals surface area contributed by atoms with E-state index in [2.05, 4.69) is 5.32 Å². The number of hydrogen-bond donors (Lipinski definition) is 1. The monoisotopic (exact) mass is 296 g/mol. The summed E-state index contributed by atoms with van der Waals surface area (Å²) in [6.45, 7) is 7.00. The van der Waals surface area contributed by atoms with Gasteiger partial charge in [-0.3, -0.25) is 9.59 Å². The maximum absolute atomic E-state index is 12.1. The second-order valence-corrected chi connectivity index (χ2v) is 5.14. The van der Waals surface area contributed by atoms with Gasteiger partial charge in [0.2, 0.25) is 0 Å². The fourth-order valence-electron chi connectivity index (χ4n) is 1.90. The van der Waals surface area contributed by atoms with Gasteiger partial charge < -0.3 is 10.2 Å². The lowest BCUT2D eigenvalue weighted by Gasteiger charge is -2.20. The topological polar surface area (TPSA) is 49.4 Å². The lowest BCUT2D eigenvalue weighted by atomic mass is 10.2. The minimum Gasteiger partial charge on any atom is -0.334 e. The van der Waals surface area contributed by atoms with Crippen LogP contribution in [0.15, 0.2) is 18.2 Å².